The van der Waals surface area contributed by atoms with Gasteiger partial charge < -0.3 is 9.80 Å². The number of fused-ring (bicyclic) bond motifs is 2. The van der Waals surface area contributed by atoms with E-state index in [1.807, 2.05) is 6.20 Å². The molecule has 0 N–H and O–H groups in total. The molecule has 1 saturated heterocycles. The molecule has 5 heterocycles. The predicted molar refractivity (Wildman–Crippen MR) is 129 cm³/mol. The fraction of sp³-hybridized carbons (Fsp3) is 0.423. The Hall–Kier alpha value is -2.84. The molecule has 0 bridgehead atoms. The first kappa shape index (κ1) is 19.8. The summed E-state index contributed by atoms with van der Waals surface area (Å²) in [6, 6.07) is 4.23. The van der Waals surface area contributed by atoms with Gasteiger partial charge in [0.25, 0.3) is 0 Å². The van der Waals surface area contributed by atoms with Gasteiger partial charge in [-0.05, 0) is 49.5 Å². The summed E-state index contributed by atoms with van der Waals surface area (Å²) in [6.45, 7) is 8.12. The third kappa shape index (κ3) is 3.20. The largest absolute Gasteiger partial charge is 0.359 e. The Bertz CT molecular complexity index is 1230. The van der Waals surface area contributed by atoms with Crippen molar-refractivity contribution in [2.24, 2.45) is 16.8 Å². The van der Waals surface area contributed by atoms with Crippen LogP contribution in [0.1, 0.15) is 30.4 Å². The van der Waals surface area contributed by atoms with Gasteiger partial charge in [-0.2, -0.15) is 0 Å². The summed E-state index contributed by atoms with van der Waals surface area (Å²) in [5.74, 6) is 9.59. The average molecular weight is 444 g/mol. The molecule has 2 unspecified atom stereocenters. The number of aliphatic imine (C=N–C) groups is 1. The van der Waals surface area contributed by atoms with E-state index in [4.69, 9.17) is 16.6 Å². The van der Waals surface area contributed by atoms with E-state index in [0.29, 0.717) is 10.9 Å². The van der Waals surface area contributed by atoms with Crippen LogP contribution >= 0.6 is 11.6 Å². The molecule has 2 atom stereocenters. The highest BCUT2D eigenvalue weighted by Crippen LogP contribution is 2.41. The number of nitrogens with zero attached hydrogens (tertiary/aromatic N) is 5. The SMILES string of the molecule is Cc1cnc(-c2cc(N3CCC4=C(C3)C3C#CC3C(N3CCCC3)=N4)ncc2Cl)c(C)c1. The zero-order valence-corrected chi connectivity index (χ0v) is 19.3. The van der Waals surface area contributed by atoms with E-state index >= 15 is 0 Å². The van der Waals surface area contributed by atoms with Crippen LogP contribution in [0.5, 0.6) is 0 Å². The predicted octanol–water partition coefficient (Wildman–Crippen LogP) is 4.64. The summed E-state index contributed by atoms with van der Waals surface area (Å²) in [5.41, 5.74) is 6.76. The summed E-state index contributed by atoms with van der Waals surface area (Å²) >= 11 is 6.55. The minimum atomic E-state index is 0.278. The molecule has 1 fully saturated rings. The van der Waals surface area contributed by atoms with Crippen LogP contribution in [0.25, 0.3) is 11.3 Å². The average Bonchev–Trinajstić information content (AvgIpc) is 3.29. The lowest BCUT2D eigenvalue weighted by Crippen LogP contribution is -2.46. The van der Waals surface area contributed by atoms with Gasteiger partial charge in [0, 0.05) is 56.3 Å². The maximum atomic E-state index is 6.55. The second-order valence-corrected chi connectivity index (χ2v) is 9.66. The number of aromatic nitrogens is 2. The third-order valence-corrected chi connectivity index (χ3v) is 7.35. The molecule has 0 saturated carbocycles. The number of pyridine rings is 2. The molecule has 1 aliphatic carbocycles. The first-order valence-electron chi connectivity index (χ1n) is 11.5. The Kier molecular flexibility index (Phi) is 4.73. The summed E-state index contributed by atoms with van der Waals surface area (Å²) in [4.78, 5) is 19.3. The summed E-state index contributed by atoms with van der Waals surface area (Å²) in [7, 11) is 0. The van der Waals surface area contributed by atoms with Gasteiger partial charge in [-0.15, -0.1) is 0 Å². The molecule has 5 nitrogen and oxygen atoms in total. The summed E-state index contributed by atoms with van der Waals surface area (Å²) in [6.07, 6.45) is 7.11. The van der Waals surface area contributed by atoms with Gasteiger partial charge in [-0.25, -0.2) is 9.98 Å². The van der Waals surface area contributed by atoms with Crippen LogP contribution in [0.2, 0.25) is 5.02 Å². The molecule has 0 spiro atoms. The van der Waals surface area contributed by atoms with Gasteiger partial charge >= 0.3 is 0 Å². The van der Waals surface area contributed by atoms with Gasteiger partial charge in [0.2, 0.25) is 0 Å². The van der Waals surface area contributed by atoms with Gasteiger partial charge in [0.15, 0.2) is 0 Å². The second-order valence-electron chi connectivity index (χ2n) is 9.25. The van der Waals surface area contributed by atoms with E-state index in [-0.39, 0.29) is 5.92 Å². The minimum Gasteiger partial charge on any atom is -0.359 e. The smallest absolute Gasteiger partial charge is 0.129 e. The Morgan fingerprint density at radius 2 is 1.78 bits per heavy atom. The lowest BCUT2D eigenvalue weighted by atomic mass is 9.74. The lowest BCUT2D eigenvalue weighted by Gasteiger charge is -2.41. The quantitative estimate of drug-likeness (QED) is 0.634. The first-order chi connectivity index (χ1) is 15.6. The molecule has 0 amide bonds. The monoisotopic (exact) mass is 443 g/mol. The third-order valence-electron chi connectivity index (χ3n) is 7.05. The van der Waals surface area contributed by atoms with E-state index < -0.39 is 0 Å². The van der Waals surface area contributed by atoms with Crippen LogP contribution in [-0.4, -0.2) is 46.9 Å². The van der Waals surface area contributed by atoms with Gasteiger partial charge in [0.05, 0.1) is 22.6 Å². The maximum Gasteiger partial charge on any atom is 0.129 e. The molecule has 4 aliphatic rings. The van der Waals surface area contributed by atoms with Crippen LogP contribution in [0.3, 0.4) is 0 Å². The number of anilines is 1. The molecule has 32 heavy (non-hydrogen) atoms. The van der Waals surface area contributed by atoms with Crippen LogP contribution in [0.4, 0.5) is 5.82 Å². The molecule has 0 aromatic carbocycles. The van der Waals surface area contributed by atoms with E-state index in [1.54, 1.807) is 6.20 Å². The molecule has 6 heteroatoms. The van der Waals surface area contributed by atoms with Crippen molar-refractivity contribution in [1.29, 1.82) is 0 Å². The number of halogens is 1. The van der Waals surface area contributed by atoms with Crippen LogP contribution in [0, 0.1) is 37.5 Å². The second kappa shape index (κ2) is 7.64. The molecule has 6 rings (SSSR count). The van der Waals surface area contributed by atoms with E-state index in [1.165, 1.54) is 29.9 Å². The number of hydrogen-bond acceptors (Lipinski definition) is 5. The lowest BCUT2D eigenvalue weighted by molar-refractivity contribution is 0.456. The normalized spacial score (nSPS) is 23.8. The first-order valence-corrected chi connectivity index (χ1v) is 11.9. The van der Waals surface area contributed by atoms with Crippen molar-refractivity contribution in [3.8, 4) is 23.1 Å². The maximum absolute atomic E-state index is 6.55. The number of likely N-dealkylation sites (tertiary alicyclic amines) is 1. The number of aryl methyl sites for hydroxylation is 2. The van der Waals surface area contributed by atoms with Crippen LogP contribution in [-0.2, 0) is 0 Å². The topological polar surface area (TPSA) is 44.6 Å². The van der Waals surface area contributed by atoms with E-state index in [9.17, 15) is 0 Å². The van der Waals surface area contributed by atoms with Crippen molar-refractivity contribution in [2.45, 2.75) is 33.1 Å². The Labute approximate surface area is 194 Å². The van der Waals surface area contributed by atoms with Crippen molar-refractivity contribution in [3.05, 3.63) is 51.9 Å². The van der Waals surface area contributed by atoms with Crippen molar-refractivity contribution in [1.82, 2.24) is 14.9 Å². The molecule has 2 aromatic rings. The van der Waals surface area contributed by atoms with Gasteiger partial charge in [0.1, 0.15) is 11.7 Å². The highest BCUT2D eigenvalue weighted by atomic mass is 35.5. The number of hydrogen-bond donors (Lipinski definition) is 0. The summed E-state index contributed by atoms with van der Waals surface area (Å²) < 4.78 is 0. The summed E-state index contributed by atoms with van der Waals surface area (Å²) in [5, 5.41) is 0.632. The van der Waals surface area contributed by atoms with Gasteiger partial charge in [-0.1, -0.05) is 29.5 Å². The fourth-order valence-corrected chi connectivity index (χ4v) is 5.52. The van der Waals surface area contributed by atoms with E-state index in [0.717, 1.165) is 60.8 Å². The Morgan fingerprint density at radius 3 is 2.53 bits per heavy atom. The Balaban J connectivity index is 1.31. The van der Waals surface area contributed by atoms with Crippen molar-refractivity contribution in [2.75, 3.05) is 31.1 Å². The molecule has 0 radical (unpaired) electrons. The molecule has 3 aliphatic heterocycles. The number of rotatable bonds is 2. The molecule has 2 aromatic heterocycles. The van der Waals surface area contributed by atoms with Crippen LogP contribution < -0.4 is 4.90 Å². The molecular formula is C26H26ClN5. The fourth-order valence-electron chi connectivity index (χ4n) is 5.33. The zero-order chi connectivity index (χ0) is 21.8. The minimum absolute atomic E-state index is 0.278. The van der Waals surface area contributed by atoms with E-state index in [2.05, 4.69) is 57.6 Å². The highest BCUT2D eigenvalue weighted by Gasteiger charge is 2.41. The Morgan fingerprint density at radius 1 is 0.969 bits per heavy atom. The standard InChI is InChI=1S/C26H26ClN5/c1-16-11-17(2)25(29-13-16)20-12-24(28-14-22(20)27)32-10-7-23-21(15-32)18-5-6-19(18)26(30-23)31-8-3-4-9-31/h11-14,18-19H,3-4,7-10,15H2,1-2H3. The van der Waals surface area contributed by atoms with Crippen molar-refractivity contribution >= 4 is 23.3 Å². The molecular weight excluding hydrogens is 418 g/mol. The van der Waals surface area contributed by atoms with Crippen molar-refractivity contribution in [3.63, 3.8) is 0 Å². The van der Waals surface area contributed by atoms with Gasteiger partial charge in [-0.3, -0.25) is 4.98 Å². The van der Waals surface area contributed by atoms with Crippen LogP contribution in [0.15, 0.2) is 40.8 Å². The number of amidine groups is 1. The van der Waals surface area contributed by atoms with Crippen molar-refractivity contribution < 1.29 is 0 Å². The zero-order valence-electron chi connectivity index (χ0n) is 18.5. The highest BCUT2D eigenvalue weighted by molar-refractivity contribution is 6.33. The molecule has 162 valence electrons.